The predicted octanol–water partition coefficient (Wildman–Crippen LogP) is 2.94. The minimum atomic E-state index is -0.188. The zero-order chi connectivity index (χ0) is 15.7. The van der Waals surface area contributed by atoms with Crippen molar-refractivity contribution in [1.82, 2.24) is 10.6 Å². The summed E-state index contributed by atoms with van der Waals surface area (Å²) in [5.41, 5.74) is 1.01. The molecule has 2 amide bonds. The van der Waals surface area contributed by atoms with Gasteiger partial charge in [0.05, 0.1) is 6.04 Å². The number of urea groups is 1. The molecular weight excluding hydrogens is 284 g/mol. The first kappa shape index (κ1) is 17.9. The second-order valence-electron chi connectivity index (χ2n) is 5.84. The van der Waals surface area contributed by atoms with Gasteiger partial charge in [-0.25, -0.2) is 4.79 Å². The predicted molar refractivity (Wildman–Crippen MR) is 89.6 cm³/mol. The molecule has 1 atom stereocenters. The lowest BCUT2D eigenvalue weighted by Gasteiger charge is -2.20. The molecule has 0 aliphatic heterocycles. The van der Waals surface area contributed by atoms with Crippen LogP contribution in [0.4, 0.5) is 4.79 Å². The monoisotopic (exact) mass is 310 g/mol. The van der Waals surface area contributed by atoms with E-state index in [0.29, 0.717) is 13.0 Å². The van der Waals surface area contributed by atoms with Gasteiger partial charge in [0, 0.05) is 23.7 Å². The number of amides is 2. The van der Waals surface area contributed by atoms with Gasteiger partial charge in [0.2, 0.25) is 0 Å². The molecular formula is C16H26N2O2S. The third-order valence-corrected chi connectivity index (χ3v) is 4.12. The number of hydrogen-bond acceptors (Lipinski definition) is 3. The molecule has 0 saturated heterocycles. The summed E-state index contributed by atoms with van der Waals surface area (Å²) in [5, 5.41) is 14.9. The Morgan fingerprint density at radius 3 is 2.52 bits per heavy atom. The lowest BCUT2D eigenvalue weighted by Crippen LogP contribution is -2.39. The van der Waals surface area contributed by atoms with Gasteiger partial charge < -0.3 is 15.7 Å². The van der Waals surface area contributed by atoms with Crippen LogP contribution in [0.15, 0.2) is 30.3 Å². The van der Waals surface area contributed by atoms with Crippen LogP contribution in [0.1, 0.15) is 38.8 Å². The van der Waals surface area contributed by atoms with E-state index in [1.54, 1.807) is 0 Å². The maximum absolute atomic E-state index is 11.9. The number of hydrogen-bond donors (Lipinski definition) is 3. The van der Waals surface area contributed by atoms with E-state index >= 15 is 0 Å². The van der Waals surface area contributed by atoms with Gasteiger partial charge in [-0.15, -0.1) is 0 Å². The average molecular weight is 310 g/mol. The Kier molecular flexibility index (Phi) is 7.61. The molecule has 21 heavy (non-hydrogen) atoms. The number of aliphatic hydroxyl groups is 1. The van der Waals surface area contributed by atoms with Crippen molar-refractivity contribution in [2.24, 2.45) is 0 Å². The van der Waals surface area contributed by atoms with Crippen LogP contribution in [0, 0.1) is 0 Å². The largest absolute Gasteiger partial charge is 0.396 e. The molecule has 1 aromatic carbocycles. The summed E-state index contributed by atoms with van der Waals surface area (Å²) in [6, 6.07) is 9.35. The van der Waals surface area contributed by atoms with Crippen molar-refractivity contribution in [2.75, 3.05) is 18.9 Å². The molecule has 0 aliphatic rings. The number of carbonyl (C=O) groups is 1. The highest BCUT2D eigenvalue weighted by Gasteiger charge is 2.14. The Labute approximate surface area is 131 Å². The molecule has 0 spiro atoms. The molecule has 4 nitrogen and oxygen atoms in total. The first-order chi connectivity index (χ1) is 9.92. The van der Waals surface area contributed by atoms with E-state index in [9.17, 15) is 4.79 Å². The van der Waals surface area contributed by atoms with E-state index in [2.05, 4.69) is 31.4 Å². The molecule has 3 N–H and O–H groups in total. The summed E-state index contributed by atoms with van der Waals surface area (Å²) >= 11 is 1.82. The molecule has 1 rings (SSSR count). The highest BCUT2D eigenvalue weighted by molar-refractivity contribution is 8.00. The molecule has 0 radical (unpaired) electrons. The number of nitrogens with one attached hydrogen (secondary N) is 2. The number of benzene rings is 1. The highest BCUT2D eigenvalue weighted by atomic mass is 32.2. The van der Waals surface area contributed by atoms with Crippen LogP contribution >= 0.6 is 11.8 Å². The van der Waals surface area contributed by atoms with E-state index in [1.165, 1.54) is 0 Å². The van der Waals surface area contributed by atoms with Gasteiger partial charge in [-0.3, -0.25) is 0 Å². The van der Waals surface area contributed by atoms with Gasteiger partial charge in [0.1, 0.15) is 0 Å². The van der Waals surface area contributed by atoms with Crippen molar-refractivity contribution in [3.05, 3.63) is 35.9 Å². The minimum absolute atomic E-state index is 0.0414. The number of aliphatic hydroxyl groups excluding tert-OH is 1. The van der Waals surface area contributed by atoms with E-state index in [-0.39, 0.29) is 23.4 Å². The van der Waals surface area contributed by atoms with Crippen molar-refractivity contribution >= 4 is 17.8 Å². The summed E-state index contributed by atoms with van der Waals surface area (Å²) in [4.78, 5) is 11.9. The molecule has 118 valence electrons. The van der Waals surface area contributed by atoms with Crippen molar-refractivity contribution in [2.45, 2.75) is 38.0 Å². The Morgan fingerprint density at radius 1 is 1.29 bits per heavy atom. The van der Waals surface area contributed by atoms with Crippen LogP contribution in [0.3, 0.4) is 0 Å². The van der Waals surface area contributed by atoms with Gasteiger partial charge in [-0.05, 0) is 12.0 Å². The Hall–Kier alpha value is -1.20. The summed E-state index contributed by atoms with van der Waals surface area (Å²) in [7, 11) is 0. The first-order valence-electron chi connectivity index (χ1n) is 7.26. The quantitative estimate of drug-likeness (QED) is 0.679. The van der Waals surface area contributed by atoms with E-state index in [0.717, 1.165) is 11.3 Å². The fourth-order valence-electron chi connectivity index (χ4n) is 1.87. The zero-order valence-corrected chi connectivity index (χ0v) is 13.9. The fraction of sp³-hybridized carbons (Fsp3) is 0.562. The summed E-state index contributed by atoms with van der Waals surface area (Å²) in [5.74, 6) is 0.882. The normalized spacial score (nSPS) is 12.8. The molecule has 0 unspecified atom stereocenters. The lowest BCUT2D eigenvalue weighted by molar-refractivity contribution is 0.230. The summed E-state index contributed by atoms with van der Waals surface area (Å²) in [6.07, 6.45) is 0.508. The van der Waals surface area contributed by atoms with Gasteiger partial charge in [0.25, 0.3) is 0 Å². The number of thioether (sulfide) groups is 1. The molecule has 0 fully saturated rings. The number of carbonyl (C=O) groups excluding carboxylic acids is 1. The van der Waals surface area contributed by atoms with E-state index < -0.39 is 0 Å². The summed E-state index contributed by atoms with van der Waals surface area (Å²) < 4.78 is 0.210. The van der Waals surface area contributed by atoms with Crippen LogP contribution < -0.4 is 10.6 Å². The van der Waals surface area contributed by atoms with Crippen LogP contribution in [-0.4, -0.2) is 34.8 Å². The molecule has 0 bridgehead atoms. The second-order valence-corrected chi connectivity index (χ2v) is 7.76. The van der Waals surface area contributed by atoms with Gasteiger partial charge in [0.15, 0.2) is 0 Å². The molecule has 1 aromatic rings. The summed E-state index contributed by atoms with van der Waals surface area (Å²) in [6.45, 7) is 7.15. The van der Waals surface area contributed by atoms with Crippen molar-refractivity contribution < 1.29 is 9.90 Å². The Morgan fingerprint density at radius 2 is 1.95 bits per heavy atom. The smallest absolute Gasteiger partial charge is 0.315 e. The molecule has 0 heterocycles. The van der Waals surface area contributed by atoms with Gasteiger partial charge in [-0.2, -0.15) is 11.8 Å². The topological polar surface area (TPSA) is 61.4 Å². The number of rotatable bonds is 7. The maximum Gasteiger partial charge on any atom is 0.315 e. The third-order valence-electron chi connectivity index (χ3n) is 2.85. The van der Waals surface area contributed by atoms with Gasteiger partial charge >= 0.3 is 6.03 Å². The molecule has 0 saturated carbocycles. The van der Waals surface area contributed by atoms with E-state index in [1.807, 2.05) is 42.1 Å². The van der Waals surface area contributed by atoms with Crippen LogP contribution in [-0.2, 0) is 0 Å². The molecule has 5 heteroatoms. The van der Waals surface area contributed by atoms with Gasteiger partial charge in [-0.1, -0.05) is 51.1 Å². The van der Waals surface area contributed by atoms with E-state index in [4.69, 9.17) is 5.11 Å². The van der Waals surface area contributed by atoms with Crippen molar-refractivity contribution in [3.8, 4) is 0 Å². The van der Waals surface area contributed by atoms with Crippen LogP contribution in [0.5, 0.6) is 0 Å². The lowest BCUT2D eigenvalue weighted by atomic mass is 10.0. The second kappa shape index (κ2) is 8.95. The average Bonchev–Trinajstić information content (AvgIpc) is 2.43. The molecule has 0 aromatic heterocycles. The fourth-order valence-corrected chi connectivity index (χ4v) is 2.68. The third kappa shape index (κ3) is 7.97. The SMILES string of the molecule is CC(C)(C)SCCNC(=O)N[C@H](CCO)c1ccccc1. The zero-order valence-electron chi connectivity index (χ0n) is 13.1. The minimum Gasteiger partial charge on any atom is -0.396 e. The van der Waals surface area contributed by atoms with Crippen molar-refractivity contribution in [3.63, 3.8) is 0 Å². The molecule has 0 aliphatic carbocycles. The first-order valence-corrected chi connectivity index (χ1v) is 8.25. The standard InChI is InChI=1S/C16H26N2O2S/c1-16(2,3)21-12-10-17-15(20)18-14(9-11-19)13-7-5-4-6-8-13/h4-8,14,19H,9-12H2,1-3H3,(H2,17,18,20)/t14-/m1/s1. The van der Waals surface area contributed by atoms with Crippen LogP contribution in [0.25, 0.3) is 0 Å². The maximum atomic E-state index is 11.9. The van der Waals surface area contributed by atoms with Crippen molar-refractivity contribution in [1.29, 1.82) is 0 Å². The highest BCUT2D eigenvalue weighted by Crippen LogP contribution is 2.22. The van der Waals surface area contributed by atoms with Crippen LogP contribution in [0.2, 0.25) is 0 Å². The Balaban J connectivity index is 2.39. The Bertz CT molecular complexity index is 418.